The molecular weight excluding hydrogens is 370 g/mol. The molecule has 1 aliphatic rings. The Kier molecular flexibility index (Phi) is 6.94. The first-order valence-corrected chi connectivity index (χ1v) is 9.80. The minimum atomic E-state index is -0.864. The maximum atomic E-state index is 12.5. The first kappa shape index (κ1) is 20.5. The van der Waals surface area contributed by atoms with Gasteiger partial charge in [-0.2, -0.15) is 10.2 Å². The molecule has 152 valence electrons. The van der Waals surface area contributed by atoms with Crippen LogP contribution in [0.4, 0.5) is 5.69 Å². The number of fused-ring (bicyclic) bond motifs is 1. The van der Waals surface area contributed by atoms with Crippen LogP contribution in [0.2, 0.25) is 0 Å². The number of nitrogens with one attached hydrogen (secondary N) is 1. The molecule has 0 bridgehead atoms. The van der Waals surface area contributed by atoms with E-state index >= 15 is 0 Å². The summed E-state index contributed by atoms with van der Waals surface area (Å²) in [4.78, 5) is 23.4. The largest absolute Gasteiger partial charge is 0.490 e. The third kappa shape index (κ3) is 5.88. The maximum absolute atomic E-state index is 12.5. The van der Waals surface area contributed by atoms with Crippen LogP contribution in [0.15, 0.2) is 52.7 Å². The summed E-state index contributed by atoms with van der Waals surface area (Å²) in [7, 11) is 0. The normalized spacial score (nSPS) is 15.6. The fourth-order valence-corrected chi connectivity index (χ4v) is 3.13. The van der Waals surface area contributed by atoms with Gasteiger partial charge in [-0.15, -0.1) is 0 Å². The lowest BCUT2D eigenvalue weighted by Crippen LogP contribution is -2.25. The number of carboxylic acids is 1. The molecule has 0 radical (unpaired) electrons. The van der Waals surface area contributed by atoms with E-state index in [2.05, 4.69) is 22.5 Å². The van der Waals surface area contributed by atoms with E-state index in [4.69, 9.17) is 9.84 Å². The molecule has 2 aromatic rings. The molecule has 0 aliphatic carbocycles. The van der Waals surface area contributed by atoms with Gasteiger partial charge in [-0.05, 0) is 60.7 Å². The molecule has 7 heteroatoms. The number of anilines is 1. The molecule has 1 unspecified atom stereocenters. The molecular formula is C22H25N3O4. The second-order valence-corrected chi connectivity index (χ2v) is 7.01. The van der Waals surface area contributed by atoms with E-state index in [1.807, 2.05) is 18.2 Å². The van der Waals surface area contributed by atoms with Crippen molar-refractivity contribution >= 4 is 17.6 Å². The standard InChI is InChI=1S/C22H25N3O4/c1-2-11-23-24-14-15-3-5-16(6-4-15)22(28)25-18-8-10-20-17(12-18)7-9-19(29-20)13-21(26)27/h3-6,8,10,12,19H,2,7,9,11,13-14H2,1H3,(H,25,28)(H,26,27). The minimum Gasteiger partial charge on any atom is -0.490 e. The second kappa shape index (κ2) is 9.82. The molecule has 0 aromatic heterocycles. The molecule has 0 fully saturated rings. The lowest BCUT2D eigenvalue weighted by Gasteiger charge is -2.25. The van der Waals surface area contributed by atoms with E-state index in [1.165, 1.54) is 0 Å². The number of carbonyl (C=O) groups is 2. The molecule has 1 aliphatic heterocycles. The van der Waals surface area contributed by atoms with Gasteiger partial charge in [-0.3, -0.25) is 9.59 Å². The first-order chi connectivity index (χ1) is 14.0. The smallest absolute Gasteiger partial charge is 0.307 e. The van der Waals surface area contributed by atoms with Crippen molar-refractivity contribution in [2.45, 2.75) is 45.3 Å². The fourth-order valence-electron chi connectivity index (χ4n) is 3.13. The topological polar surface area (TPSA) is 100 Å². The Morgan fingerprint density at radius 3 is 2.69 bits per heavy atom. The average Bonchev–Trinajstić information content (AvgIpc) is 2.71. The van der Waals surface area contributed by atoms with Crippen molar-refractivity contribution < 1.29 is 19.4 Å². The van der Waals surface area contributed by atoms with Crippen LogP contribution in [0.3, 0.4) is 0 Å². The molecule has 0 saturated carbocycles. The Morgan fingerprint density at radius 1 is 1.17 bits per heavy atom. The molecule has 1 heterocycles. The zero-order valence-electron chi connectivity index (χ0n) is 16.4. The van der Waals surface area contributed by atoms with Gasteiger partial charge in [0.1, 0.15) is 11.9 Å². The summed E-state index contributed by atoms with van der Waals surface area (Å²) in [5.41, 5.74) is 3.22. The lowest BCUT2D eigenvalue weighted by molar-refractivity contribution is -0.139. The fraction of sp³-hybridized carbons (Fsp3) is 0.364. The van der Waals surface area contributed by atoms with E-state index < -0.39 is 5.97 Å². The molecule has 2 aromatic carbocycles. The number of aryl methyl sites for hydroxylation is 1. The molecule has 2 N–H and O–H groups in total. The van der Waals surface area contributed by atoms with Gasteiger partial charge in [-0.1, -0.05) is 19.1 Å². The van der Waals surface area contributed by atoms with Crippen LogP contribution in [0, 0.1) is 0 Å². The predicted molar refractivity (Wildman–Crippen MR) is 110 cm³/mol. The van der Waals surface area contributed by atoms with Gasteiger partial charge in [-0.25, -0.2) is 0 Å². The summed E-state index contributed by atoms with van der Waals surface area (Å²) in [6.45, 7) is 3.29. The van der Waals surface area contributed by atoms with Crippen molar-refractivity contribution in [2.75, 3.05) is 11.9 Å². The van der Waals surface area contributed by atoms with Crippen molar-refractivity contribution in [3.8, 4) is 5.75 Å². The van der Waals surface area contributed by atoms with Gasteiger partial charge in [0, 0.05) is 11.3 Å². The Hall–Kier alpha value is -3.22. The quantitative estimate of drug-likeness (QED) is 0.644. The van der Waals surface area contributed by atoms with Crippen LogP contribution in [0.5, 0.6) is 5.75 Å². The Morgan fingerprint density at radius 2 is 1.97 bits per heavy atom. The van der Waals surface area contributed by atoms with Gasteiger partial charge in [0.2, 0.25) is 0 Å². The van der Waals surface area contributed by atoms with Crippen LogP contribution >= 0.6 is 0 Å². The summed E-state index contributed by atoms with van der Waals surface area (Å²) in [6.07, 6.45) is 2.03. The van der Waals surface area contributed by atoms with Gasteiger partial charge in [0.25, 0.3) is 5.91 Å². The third-order valence-electron chi connectivity index (χ3n) is 4.64. The Bertz CT molecular complexity index is 893. The molecule has 7 nitrogen and oxygen atoms in total. The zero-order valence-corrected chi connectivity index (χ0v) is 16.4. The van der Waals surface area contributed by atoms with E-state index in [0.717, 1.165) is 30.5 Å². The second-order valence-electron chi connectivity index (χ2n) is 7.01. The number of amides is 1. The molecule has 29 heavy (non-hydrogen) atoms. The monoisotopic (exact) mass is 395 g/mol. The zero-order chi connectivity index (χ0) is 20.6. The number of carboxylic acid groups (broad SMARTS) is 1. The van der Waals surface area contributed by atoms with Gasteiger partial charge in [0.15, 0.2) is 0 Å². The minimum absolute atomic E-state index is 0.00605. The van der Waals surface area contributed by atoms with Crippen molar-refractivity contribution in [2.24, 2.45) is 10.2 Å². The van der Waals surface area contributed by atoms with Crippen LogP contribution in [0.1, 0.15) is 47.7 Å². The number of rotatable bonds is 8. The van der Waals surface area contributed by atoms with Crippen molar-refractivity contribution in [3.05, 3.63) is 59.2 Å². The number of carbonyl (C=O) groups excluding carboxylic acids is 1. The van der Waals surface area contributed by atoms with Crippen LogP contribution < -0.4 is 10.1 Å². The average molecular weight is 395 g/mol. The highest BCUT2D eigenvalue weighted by molar-refractivity contribution is 6.04. The van der Waals surface area contributed by atoms with Crippen molar-refractivity contribution in [3.63, 3.8) is 0 Å². The van der Waals surface area contributed by atoms with Gasteiger partial charge >= 0.3 is 5.97 Å². The number of azo groups is 1. The predicted octanol–water partition coefficient (Wildman–Crippen LogP) is 4.47. The van der Waals surface area contributed by atoms with Crippen LogP contribution in [-0.2, 0) is 17.8 Å². The SMILES string of the molecule is CCCN=NCc1ccc(C(=O)Nc2ccc3c(c2)CCC(CC(=O)O)O3)cc1. The highest BCUT2D eigenvalue weighted by Gasteiger charge is 2.22. The van der Waals surface area contributed by atoms with E-state index in [0.29, 0.717) is 30.0 Å². The molecule has 3 rings (SSSR count). The Labute approximate surface area is 169 Å². The number of ether oxygens (including phenoxy) is 1. The molecule has 1 atom stereocenters. The summed E-state index contributed by atoms with van der Waals surface area (Å²) in [5, 5.41) is 20.0. The van der Waals surface area contributed by atoms with Gasteiger partial charge < -0.3 is 15.2 Å². The maximum Gasteiger partial charge on any atom is 0.307 e. The van der Waals surface area contributed by atoms with E-state index in [1.54, 1.807) is 24.3 Å². The molecule has 0 saturated heterocycles. The number of aliphatic carboxylic acids is 1. The number of benzene rings is 2. The third-order valence-corrected chi connectivity index (χ3v) is 4.64. The van der Waals surface area contributed by atoms with E-state index in [-0.39, 0.29) is 18.4 Å². The van der Waals surface area contributed by atoms with E-state index in [9.17, 15) is 9.59 Å². The molecule has 0 spiro atoms. The number of hydrogen-bond donors (Lipinski definition) is 2. The summed E-state index contributed by atoms with van der Waals surface area (Å²) in [6, 6.07) is 12.7. The summed E-state index contributed by atoms with van der Waals surface area (Å²) >= 11 is 0. The number of nitrogens with zero attached hydrogens (tertiary/aromatic N) is 2. The first-order valence-electron chi connectivity index (χ1n) is 9.80. The van der Waals surface area contributed by atoms with Crippen LogP contribution in [-0.4, -0.2) is 29.6 Å². The number of hydrogen-bond acceptors (Lipinski definition) is 5. The lowest BCUT2D eigenvalue weighted by atomic mass is 10.00. The van der Waals surface area contributed by atoms with Crippen molar-refractivity contribution in [1.82, 2.24) is 0 Å². The van der Waals surface area contributed by atoms with Crippen LogP contribution in [0.25, 0.3) is 0 Å². The summed E-state index contributed by atoms with van der Waals surface area (Å²) in [5.74, 6) is -0.371. The van der Waals surface area contributed by atoms with Crippen molar-refractivity contribution in [1.29, 1.82) is 0 Å². The Balaban J connectivity index is 1.59. The van der Waals surface area contributed by atoms with Gasteiger partial charge in [0.05, 0.1) is 19.5 Å². The highest BCUT2D eigenvalue weighted by Crippen LogP contribution is 2.31. The highest BCUT2D eigenvalue weighted by atomic mass is 16.5. The molecule has 1 amide bonds. The summed E-state index contributed by atoms with van der Waals surface area (Å²) < 4.78 is 5.74.